The average molecular weight is 552 g/mol. The van der Waals surface area contributed by atoms with E-state index in [0.29, 0.717) is 72.9 Å². The fraction of sp³-hybridized carbons (Fsp3) is 0.333. The number of piperidine rings is 1. The highest BCUT2D eigenvalue weighted by atomic mass is 16.5. The lowest BCUT2D eigenvalue weighted by Crippen LogP contribution is -2.49. The van der Waals surface area contributed by atoms with Gasteiger partial charge in [0.1, 0.15) is 5.82 Å². The number of carbonyl (C=O) groups excluding carboxylic acids is 1. The molecule has 1 aliphatic rings. The van der Waals surface area contributed by atoms with Gasteiger partial charge in [0.05, 0.1) is 25.4 Å². The van der Waals surface area contributed by atoms with Gasteiger partial charge in [-0.15, -0.1) is 0 Å². The molecule has 5 rings (SSSR count). The second-order valence-corrected chi connectivity index (χ2v) is 10.7. The Morgan fingerprint density at radius 1 is 0.976 bits per heavy atom. The van der Waals surface area contributed by atoms with Crippen molar-refractivity contribution in [2.75, 3.05) is 37.9 Å². The first kappa shape index (κ1) is 28.1. The van der Waals surface area contributed by atoms with Crippen molar-refractivity contribution >= 4 is 34.2 Å². The van der Waals surface area contributed by atoms with Crippen LogP contribution in [0.15, 0.2) is 72.8 Å². The number of ketones is 1. The summed E-state index contributed by atoms with van der Waals surface area (Å²) in [6.45, 7) is 3.19. The van der Waals surface area contributed by atoms with Crippen LogP contribution < -0.4 is 20.1 Å². The van der Waals surface area contributed by atoms with Gasteiger partial charge in [0.2, 0.25) is 5.95 Å². The van der Waals surface area contributed by atoms with Crippen molar-refractivity contribution in [1.29, 1.82) is 5.41 Å². The third-order valence-corrected chi connectivity index (χ3v) is 8.29. The van der Waals surface area contributed by atoms with Gasteiger partial charge in [-0.3, -0.25) is 4.79 Å². The molecule has 8 heteroatoms. The summed E-state index contributed by atoms with van der Waals surface area (Å²) < 4.78 is 10.9. The number of hydrogen-bond acceptors (Lipinski definition) is 8. The van der Waals surface area contributed by atoms with E-state index >= 15 is 0 Å². The van der Waals surface area contributed by atoms with Crippen molar-refractivity contribution in [2.45, 2.75) is 38.5 Å². The number of anilines is 2. The maximum absolute atomic E-state index is 14.3. The first-order valence-corrected chi connectivity index (χ1v) is 14.1. The molecular formula is C33H37N5O3. The zero-order valence-electron chi connectivity index (χ0n) is 23.9. The summed E-state index contributed by atoms with van der Waals surface area (Å²) in [5, 5.41) is 9.79. The van der Waals surface area contributed by atoms with Crippen LogP contribution in [0.4, 0.5) is 11.8 Å². The van der Waals surface area contributed by atoms with Crippen LogP contribution in [-0.2, 0) is 11.2 Å². The summed E-state index contributed by atoms with van der Waals surface area (Å²) in [6.07, 6.45) is 2.45. The van der Waals surface area contributed by atoms with Gasteiger partial charge >= 0.3 is 0 Å². The van der Waals surface area contributed by atoms with Gasteiger partial charge in [-0.25, -0.2) is 4.98 Å². The SMILES string of the molecule is CCC(C(=N)C(=O)C1(Cc2ccccc2)CCN(c2nc(N)c3cc(OC)c(OC)cc3n2)CC1)c1ccccc1. The topological polar surface area (TPSA) is 114 Å². The predicted molar refractivity (Wildman–Crippen MR) is 163 cm³/mol. The number of methoxy groups -OCH3 is 2. The summed E-state index contributed by atoms with van der Waals surface area (Å²) in [5.74, 6) is 1.72. The molecule has 0 radical (unpaired) electrons. The van der Waals surface area contributed by atoms with Crippen LogP contribution in [0.2, 0.25) is 0 Å². The van der Waals surface area contributed by atoms with Crippen LogP contribution in [-0.4, -0.2) is 48.8 Å². The minimum atomic E-state index is -0.684. The van der Waals surface area contributed by atoms with Crippen LogP contribution in [0.3, 0.4) is 0 Å². The van der Waals surface area contributed by atoms with E-state index in [2.05, 4.69) is 22.0 Å². The molecule has 1 aliphatic heterocycles. The molecule has 0 aliphatic carbocycles. The molecule has 0 bridgehead atoms. The zero-order chi connectivity index (χ0) is 29.0. The molecule has 1 atom stereocenters. The number of rotatable bonds is 10. The maximum Gasteiger partial charge on any atom is 0.227 e. The Labute approximate surface area is 241 Å². The van der Waals surface area contributed by atoms with Gasteiger partial charge < -0.3 is 25.5 Å². The molecule has 0 saturated carbocycles. The fourth-order valence-electron chi connectivity index (χ4n) is 5.95. The average Bonchev–Trinajstić information content (AvgIpc) is 3.01. The van der Waals surface area contributed by atoms with Gasteiger partial charge in [-0.1, -0.05) is 67.6 Å². The molecular weight excluding hydrogens is 514 g/mol. The smallest absolute Gasteiger partial charge is 0.227 e. The van der Waals surface area contributed by atoms with E-state index in [4.69, 9.17) is 25.6 Å². The number of benzene rings is 3. The quantitative estimate of drug-likeness (QED) is 0.238. The molecule has 4 aromatic rings. The second-order valence-electron chi connectivity index (χ2n) is 10.7. The van der Waals surface area contributed by atoms with E-state index < -0.39 is 5.41 Å². The number of Topliss-reactive ketones (excluding diaryl/α,β-unsaturated/α-hetero) is 1. The summed E-state index contributed by atoms with van der Waals surface area (Å²) in [6, 6.07) is 23.6. The van der Waals surface area contributed by atoms with Crippen LogP contribution >= 0.6 is 0 Å². The number of nitrogens with zero attached hydrogens (tertiary/aromatic N) is 3. The normalized spacial score (nSPS) is 15.3. The van der Waals surface area contributed by atoms with Gasteiger partial charge in [0.25, 0.3) is 0 Å². The summed E-state index contributed by atoms with van der Waals surface area (Å²) in [4.78, 5) is 25.8. The van der Waals surface area contributed by atoms with Gasteiger partial charge in [0.15, 0.2) is 17.3 Å². The maximum atomic E-state index is 14.3. The molecule has 1 fully saturated rings. The lowest BCUT2D eigenvalue weighted by atomic mass is 9.67. The van der Waals surface area contributed by atoms with Crippen LogP contribution in [0.1, 0.15) is 43.2 Å². The number of aromatic nitrogens is 2. The Kier molecular flexibility index (Phi) is 8.19. The fourth-order valence-corrected chi connectivity index (χ4v) is 5.95. The van der Waals surface area contributed by atoms with Gasteiger partial charge in [-0.05, 0) is 42.9 Å². The minimum Gasteiger partial charge on any atom is -0.493 e. The molecule has 41 heavy (non-hydrogen) atoms. The molecule has 1 saturated heterocycles. The highest BCUT2D eigenvalue weighted by Crippen LogP contribution is 2.40. The summed E-state index contributed by atoms with van der Waals surface area (Å²) in [5.41, 5.74) is 8.65. The van der Waals surface area contributed by atoms with E-state index in [0.717, 1.165) is 11.1 Å². The molecule has 3 N–H and O–H groups in total. The second kappa shape index (κ2) is 12.0. The Morgan fingerprint density at radius 3 is 2.20 bits per heavy atom. The van der Waals surface area contributed by atoms with Crippen LogP contribution in [0.25, 0.3) is 10.9 Å². The summed E-state index contributed by atoms with van der Waals surface area (Å²) >= 11 is 0. The highest BCUT2D eigenvalue weighted by Gasteiger charge is 2.44. The lowest BCUT2D eigenvalue weighted by molar-refractivity contribution is -0.123. The highest BCUT2D eigenvalue weighted by molar-refractivity contribution is 6.42. The third kappa shape index (κ3) is 5.59. The molecule has 8 nitrogen and oxygen atoms in total. The van der Waals surface area contributed by atoms with Gasteiger partial charge in [-0.2, -0.15) is 4.98 Å². The molecule has 3 aromatic carbocycles. The van der Waals surface area contributed by atoms with Crippen molar-refractivity contribution in [3.05, 3.63) is 83.9 Å². The van der Waals surface area contributed by atoms with Gasteiger partial charge in [0, 0.05) is 35.9 Å². The number of nitrogen functional groups attached to an aromatic ring is 1. The van der Waals surface area contributed by atoms with Crippen LogP contribution in [0.5, 0.6) is 11.5 Å². The molecule has 0 spiro atoms. The molecule has 2 heterocycles. The standard InChI is InChI=1S/C33H37N5O3/c1-4-24(23-13-9-6-10-14-23)29(34)30(39)33(21-22-11-7-5-8-12-22)15-17-38(18-16-33)32-36-26-20-28(41-3)27(40-2)19-25(26)31(35)37-32/h5-14,19-20,24,34H,4,15-18,21H2,1-3H3,(H2,35,36,37). The van der Waals surface area contributed by atoms with Crippen LogP contribution in [0, 0.1) is 10.8 Å². The Hall–Kier alpha value is -4.46. The van der Waals surface area contributed by atoms with E-state index in [-0.39, 0.29) is 17.4 Å². The van der Waals surface area contributed by atoms with E-state index in [9.17, 15) is 4.79 Å². The summed E-state index contributed by atoms with van der Waals surface area (Å²) in [7, 11) is 3.16. The lowest BCUT2D eigenvalue weighted by Gasteiger charge is -2.41. The molecule has 1 aromatic heterocycles. The first-order valence-electron chi connectivity index (χ1n) is 14.1. The Morgan fingerprint density at radius 2 is 1.59 bits per heavy atom. The minimum absolute atomic E-state index is 0.0625. The number of hydrogen-bond donors (Lipinski definition) is 2. The van der Waals surface area contributed by atoms with Crippen molar-refractivity contribution in [1.82, 2.24) is 9.97 Å². The molecule has 0 amide bonds. The van der Waals surface area contributed by atoms with Crippen molar-refractivity contribution in [2.24, 2.45) is 5.41 Å². The van der Waals surface area contributed by atoms with Crippen molar-refractivity contribution in [3.8, 4) is 11.5 Å². The van der Waals surface area contributed by atoms with E-state index in [1.165, 1.54) is 0 Å². The van der Waals surface area contributed by atoms with Crippen molar-refractivity contribution in [3.63, 3.8) is 0 Å². The number of fused-ring (bicyclic) bond motifs is 1. The first-order chi connectivity index (χ1) is 19.9. The predicted octanol–water partition coefficient (Wildman–Crippen LogP) is 5.84. The number of ether oxygens (including phenoxy) is 2. The van der Waals surface area contributed by atoms with Crippen molar-refractivity contribution < 1.29 is 14.3 Å². The van der Waals surface area contributed by atoms with E-state index in [1.54, 1.807) is 26.4 Å². The zero-order valence-corrected chi connectivity index (χ0v) is 23.9. The molecule has 212 valence electrons. The monoisotopic (exact) mass is 551 g/mol. The number of carbonyl (C=O) groups is 1. The molecule has 1 unspecified atom stereocenters. The van der Waals surface area contributed by atoms with E-state index in [1.807, 2.05) is 55.5 Å². The third-order valence-electron chi connectivity index (χ3n) is 8.29. The largest absolute Gasteiger partial charge is 0.493 e. The number of nitrogens with one attached hydrogen (secondary N) is 1. The number of nitrogens with two attached hydrogens (primary N) is 1. The Bertz CT molecular complexity index is 1530. The Balaban J connectivity index is 1.44.